The van der Waals surface area contributed by atoms with Crippen LogP contribution in [-0.4, -0.2) is 33.3 Å². The largest absolute Gasteiger partial charge is 0.347 e. The zero-order chi connectivity index (χ0) is 18.8. The van der Waals surface area contributed by atoms with Gasteiger partial charge in [0.15, 0.2) is 5.69 Å². The van der Waals surface area contributed by atoms with Crippen LogP contribution < -0.4 is 10.6 Å². The van der Waals surface area contributed by atoms with Crippen LogP contribution in [0.1, 0.15) is 43.2 Å². The van der Waals surface area contributed by atoms with Gasteiger partial charge in [0.05, 0.1) is 6.04 Å². The third kappa shape index (κ3) is 4.39. The molecule has 28 heavy (non-hydrogen) atoms. The predicted octanol–water partition coefficient (Wildman–Crippen LogP) is 4.09. The highest BCUT2D eigenvalue weighted by molar-refractivity contribution is 6.03. The van der Waals surface area contributed by atoms with E-state index in [1.54, 1.807) is 6.07 Å². The molecule has 0 radical (unpaired) electrons. The van der Waals surface area contributed by atoms with Gasteiger partial charge in [0, 0.05) is 42.1 Å². The SMILES string of the molecule is CC(C)Cn1ccc2cc(NC(=O)c3ccn(C4CCCNC4)n3)ccc21.Cl. The van der Waals surface area contributed by atoms with E-state index in [-0.39, 0.29) is 18.3 Å². The maximum atomic E-state index is 12.6. The fourth-order valence-electron chi connectivity index (χ4n) is 3.75. The standard InChI is InChI=1S/C21H27N5O.ClH/c1-15(2)14-25-10-7-16-12-17(5-6-20(16)25)23-21(27)19-8-11-26(24-19)18-4-3-9-22-13-18;/h5-8,10-12,15,18,22H,3-4,9,13-14H2,1-2H3,(H,23,27);1H. The Morgan fingerprint density at radius 1 is 1.29 bits per heavy atom. The van der Waals surface area contributed by atoms with Crippen molar-refractivity contribution in [2.45, 2.75) is 39.3 Å². The molecule has 1 unspecified atom stereocenters. The van der Waals surface area contributed by atoms with Crippen LogP contribution >= 0.6 is 12.4 Å². The number of carbonyl (C=O) groups is 1. The van der Waals surface area contributed by atoms with E-state index in [2.05, 4.69) is 52.5 Å². The van der Waals surface area contributed by atoms with Crippen LogP contribution in [0.3, 0.4) is 0 Å². The Labute approximate surface area is 171 Å². The van der Waals surface area contributed by atoms with Crippen LogP contribution in [0.15, 0.2) is 42.7 Å². The van der Waals surface area contributed by atoms with Crippen molar-refractivity contribution in [2.24, 2.45) is 5.92 Å². The predicted molar refractivity (Wildman–Crippen MR) is 115 cm³/mol. The average molecular weight is 402 g/mol. The average Bonchev–Trinajstić information content (AvgIpc) is 3.30. The summed E-state index contributed by atoms with van der Waals surface area (Å²) in [5, 5.41) is 12.0. The maximum absolute atomic E-state index is 12.6. The summed E-state index contributed by atoms with van der Waals surface area (Å²) in [6.07, 6.45) is 6.25. The Kier molecular flexibility index (Phi) is 6.42. The zero-order valence-electron chi connectivity index (χ0n) is 16.4. The number of halogens is 1. The van der Waals surface area contributed by atoms with Crippen molar-refractivity contribution in [3.8, 4) is 0 Å². The van der Waals surface area contributed by atoms with Gasteiger partial charge in [-0.15, -0.1) is 12.4 Å². The van der Waals surface area contributed by atoms with Crippen LogP contribution in [0.4, 0.5) is 5.69 Å². The molecule has 4 rings (SSSR count). The summed E-state index contributed by atoms with van der Waals surface area (Å²) in [5.41, 5.74) is 2.44. The highest BCUT2D eigenvalue weighted by Gasteiger charge is 2.18. The van der Waals surface area contributed by atoms with Gasteiger partial charge in [-0.2, -0.15) is 5.10 Å². The summed E-state index contributed by atoms with van der Waals surface area (Å²) < 4.78 is 4.17. The Morgan fingerprint density at radius 3 is 2.89 bits per heavy atom. The summed E-state index contributed by atoms with van der Waals surface area (Å²) in [6.45, 7) is 7.38. The third-order valence-corrected chi connectivity index (χ3v) is 5.08. The van der Waals surface area contributed by atoms with Crippen LogP contribution in [0.2, 0.25) is 0 Å². The number of nitrogens with one attached hydrogen (secondary N) is 2. The van der Waals surface area contributed by atoms with Crippen LogP contribution in [0.25, 0.3) is 10.9 Å². The normalized spacial score (nSPS) is 16.9. The van der Waals surface area contributed by atoms with E-state index in [1.165, 1.54) is 5.52 Å². The van der Waals surface area contributed by atoms with E-state index in [9.17, 15) is 4.79 Å². The van der Waals surface area contributed by atoms with E-state index >= 15 is 0 Å². The second kappa shape index (κ2) is 8.80. The molecule has 0 aliphatic carbocycles. The van der Waals surface area contributed by atoms with Crippen LogP contribution in [0, 0.1) is 5.92 Å². The molecular formula is C21H28ClN5O. The molecule has 6 nitrogen and oxygen atoms in total. The molecule has 150 valence electrons. The van der Waals surface area contributed by atoms with Gasteiger partial charge in [-0.25, -0.2) is 0 Å². The lowest BCUT2D eigenvalue weighted by Crippen LogP contribution is -2.32. The number of benzene rings is 1. The molecule has 2 aromatic heterocycles. The van der Waals surface area contributed by atoms with Crippen molar-refractivity contribution in [3.05, 3.63) is 48.4 Å². The summed E-state index contributed by atoms with van der Waals surface area (Å²) in [6, 6.07) is 10.3. The number of piperidine rings is 1. The molecule has 3 heterocycles. The van der Waals surface area contributed by atoms with Gasteiger partial charge in [-0.1, -0.05) is 13.8 Å². The first-order chi connectivity index (χ1) is 13.1. The second-order valence-electron chi connectivity index (χ2n) is 7.77. The van der Waals surface area contributed by atoms with Gasteiger partial charge in [-0.05, 0) is 55.6 Å². The number of aromatic nitrogens is 3. The molecule has 7 heteroatoms. The lowest BCUT2D eigenvalue weighted by atomic mass is 10.1. The lowest BCUT2D eigenvalue weighted by molar-refractivity contribution is 0.102. The molecular weight excluding hydrogens is 374 g/mol. The summed E-state index contributed by atoms with van der Waals surface area (Å²) >= 11 is 0. The Balaban J connectivity index is 0.00000225. The number of hydrogen-bond acceptors (Lipinski definition) is 3. The van der Waals surface area contributed by atoms with Gasteiger partial charge in [0.2, 0.25) is 0 Å². The Bertz CT molecular complexity index is 939. The van der Waals surface area contributed by atoms with Crippen molar-refractivity contribution in [2.75, 3.05) is 18.4 Å². The maximum Gasteiger partial charge on any atom is 0.276 e. The van der Waals surface area contributed by atoms with Gasteiger partial charge >= 0.3 is 0 Å². The number of rotatable bonds is 5. The fraction of sp³-hybridized carbons (Fsp3) is 0.429. The van der Waals surface area contributed by atoms with Crippen molar-refractivity contribution in [1.29, 1.82) is 0 Å². The van der Waals surface area contributed by atoms with E-state index in [0.29, 0.717) is 17.7 Å². The minimum atomic E-state index is -0.168. The number of amides is 1. The Hall–Kier alpha value is -2.31. The molecule has 3 aromatic rings. The molecule has 0 bridgehead atoms. The highest BCUT2D eigenvalue weighted by Crippen LogP contribution is 2.22. The third-order valence-electron chi connectivity index (χ3n) is 5.08. The quantitative estimate of drug-likeness (QED) is 0.676. The molecule has 1 aromatic carbocycles. The molecule has 0 spiro atoms. The van der Waals surface area contributed by atoms with Crippen molar-refractivity contribution >= 4 is 34.9 Å². The van der Waals surface area contributed by atoms with E-state index < -0.39 is 0 Å². The zero-order valence-corrected chi connectivity index (χ0v) is 17.2. The van der Waals surface area contributed by atoms with Gasteiger partial charge < -0.3 is 15.2 Å². The summed E-state index contributed by atoms with van der Waals surface area (Å²) in [4.78, 5) is 12.6. The monoisotopic (exact) mass is 401 g/mol. The molecule has 1 aliphatic heterocycles. The molecule has 1 saturated heterocycles. The second-order valence-corrected chi connectivity index (χ2v) is 7.77. The molecule has 2 N–H and O–H groups in total. The first-order valence-electron chi connectivity index (χ1n) is 9.76. The smallest absolute Gasteiger partial charge is 0.276 e. The first-order valence-corrected chi connectivity index (χ1v) is 9.76. The minimum Gasteiger partial charge on any atom is -0.347 e. The number of fused-ring (bicyclic) bond motifs is 1. The molecule has 1 amide bonds. The van der Waals surface area contributed by atoms with E-state index in [1.807, 2.05) is 23.0 Å². The first kappa shape index (κ1) is 20.4. The number of anilines is 1. The Morgan fingerprint density at radius 2 is 2.14 bits per heavy atom. The van der Waals surface area contributed by atoms with Crippen molar-refractivity contribution < 1.29 is 4.79 Å². The number of hydrogen-bond donors (Lipinski definition) is 2. The topological polar surface area (TPSA) is 63.9 Å². The van der Waals surface area contributed by atoms with Crippen molar-refractivity contribution in [1.82, 2.24) is 19.7 Å². The molecule has 0 saturated carbocycles. The van der Waals surface area contributed by atoms with Crippen LogP contribution in [0.5, 0.6) is 0 Å². The van der Waals surface area contributed by atoms with E-state index in [0.717, 1.165) is 43.5 Å². The van der Waals surface area contributed by atoms with E-state index in [4.69, 9.17) is 0 Å². The molecule has 1 fully saturated rings. The number of carbonyl (C=O) groups excluding carboxylic acids is 1. The summed E-state index contributed by atoms with van der Waals surface area (Å²) in [5.74, 6) is 0.424. The van der Waals surface area contributed by atoms with Crippen LogP contribution in [-0.2, 0) is 6.54 Å². The fourth-order valence-corrected chi connectivity index (χ4v) is 3.75. The molecule has 1 atom stereocenters. The van der Waals surface area contributed by atoms with Gasteiger partial charge in [-0.3, -0.25) is 9.48 Å². The molecule has 1 aliphatic rings. The minimum absolute atomic E-state index is 0. The van der Waals surface area contributed by atoms with Gasteiger partial charge in [0.1, 0.15) is 0 Å². The lowest BCUT2D eigenvalue weighted by Gasteiger charge is -2.22. The number of nitrogens with zero attached hydrogens (tertiary/aromatic N) is 3. The summed E-state index contributed by atoms with van der Waals surface area (Å²) in [7, 11) is 0. The van der Waals surface area contributed by atoms with Gasteiger partial charge in [0.25, 0.3) is 5.91 Å². The highest BCUT2D eigenvalue weighted by atomic mass is 35.5. The van der Waals surface area contributed by atoms with Crippen molar-refractivity contribution in [3.63, 3.8) is 0 Å².